The minimum atomic E-state index is 0.903. The predicted molar refractivity (Wildman–Crippen MR) is 104 cm³/mol. The normalized spacial score (nSPS) is 9.65. The zero-order chi connectivity index (χ0) is 17.8. The fourth-order valence-corrected chi connectivity index (χ4v) is 2.07. The van der Waals surface area contributed by atoms with Crippen LogP contribution < -0.4 is 0 Å². The Balaban J connectivity index is 0. The van der Waals surface area contributed by atoms with Crippen LogP contribution in [-0.2, 0) is 0 Å². The van der Waals surface area contributed by atoms with Gasteiger partial charge in [0.2, 0.25) is 0 Å². The minimum Gasteiger partial charge on any atom is -0.449 e. The van der Waals surface area contributed by atoms with Crippen molar-refractivity contribution in [2.45, 2.75) is 119 Å². The van der Waals surface area contributed by atoms with Crippen molar-refractivity contribution < 1.29 is 4.42 Å². The Bertz CT molecular complexity index is 266. The molecule has 1 aromatic heterocycles. The van der Waals surface area contributed by atoms with Crippen molar-refractivity contribution in [3.05, 3.63) is 17.8 Å². The van der Waals surface area contributed by atoms with Gasteiger partial charge in [-0.05, 0) is 13.8 Å². The molecule has 0 aliphatic heterocycles. The smallest absolute Gasteiger partial charge is 0.181 e. The molecule has 0 aromatic carbocycles. The summed E-state index contributed by atoms with van der Waals surface area (Å²) in [5, 5.41) is 0. The van der Waals surface area contributed by atoms with Gasteiger partial charge in [0.1, 0.15) is 5.76 Å². The molecule has 138 valence electrons. The van der Waals surface area contributed by atoms with Crippen LogP contribution in [0.15, 0.2) is 10.8 Å². The van der Waals surface area contributed by atoms with Gasteiger partial charge in [0.25, 0.3) is 0 Å². The summed E-state index contributed by atoms with van der Waals surface area (Å²) in [6.45, 7) is 12.8. The second-order valence-corrected chi connectivity index (χ2v) is 6.32. The summed E-state index contributed by atoms with van der Waals surface area (Å²) in [4.78, 5) is 3.85. The van der Waals surface area contributed by atoms with Gasteiger partial charge in [-0.15, -0.1) is 0 Å². The molecule has 23 heavy (non-hydrogen) atoms. The van der Waals surface area contributed by atoms with Gasteiger partial charge in [-0.2, -0.15) is 0 Å². The molecule has 2 nitrogen and oxygen atoms in total. The number of hydrogen-bond acceptors (Lipinski definition) is 2. The van der Waals surface area contributed by atoms with Crippen molar-refractivity contribution in [2.75, 3.05) is 0 Å². The Kier molecular flexibility index (Phi) is 22.6. The highest BCUT2D eigenvalue weighted by Crippen LogP contribution is 2.04. The van der Waals surface area contributed by atoms with Crippen LogP contribution in [0, 0.1) is 13.8 Å². The summed E-state index contributed by atoms with van der Waals surface area (Å²) in [6.07, 6.45) is 18.4. The first kappa shape index (κ1) is 24.5. The fourth-order valence-electron chi connectivity index (χ4n) is 2.07. The lowest BCUT2D eigenvalue weighted by Crippen LogP contribution is -1.73. The average Bonchev–Trinajstić information content (AvgIpc) is 2.93. The average molecular weight is 326 g/mol. The monoisotopic (exact) mass is 325 g/mol. The Morgan fingerprint density at radius 1 is 0.652 bits per heavy atom. The predicted octanol–water partition coefficient (Wildman–Crippen LogP) is 8.03. The molecule has 0 aliphatic rings. The van der Waals surface area contributed by atoms with E-state index in [4.69, 9.17) is 4.42 Å². The van der Waals surface area contributed by atoms with Crippen LogP contribution in [0.25, 0.3) is 0 Å². The van der Waals surface area contributed by atoms with Crippen LogP contribution in [0.3, 0.4) is 0 Å². The summed E-state index contributed by atoms with van der Waals surface area (Å²) < 4.78 is 4.85. The van der Waals surface area contributed by atoms with Crippen LogP contribution in [-0.4, -0.2) is 4.98 Å². The van der Waals surface area contributed by atoms with Crippen molar-refractivity contribution >= 4 is 0 Å². The maximum Gasteiger partial charge on any atom is 0.181 e. The second kappa shape index (κ2) is 21.2. The molecule has 0 unspecified atom stereocenters. The van der Waals surface area contributed by atoms with Gasteiger partial charge in [-0.25, -0.2) is 4.98 Å². The van der Waals surface area contributed by atoms with Gasteiger partial charge in [-0.3, -0.25) is 0 Å². The van der Waals surface area contributed by atoms with E-state index in [0.29, 0.717) is 0 Å². The van der Waals surface area contributed by atoms with Crippen molar-refractivity contribution in [3.63, 3.8) is 0 Å². The maximum atomic E-state index is 4.85. The highest BCUT2D eigenvalue weighted by Gasteiger charge is 1.90. The number of aromatic nitrogens is 1. The van der Waals surface area contributed by atoms with Crippen LogP contribution in [0.1, 0.15) is 116 Å². The number of unbranched alkanes of at least 4 members (excludes halogenated alkanes) is 10. The first-order valence-electron chi connectivity index (χ1n) is 10.0. The van der Waals surface area contributed by atoms with E-state index in [2.05, 4.69) is 32.7 Å². The highest BCUT2D eigenvalue weighted by atomic mass is 16.3. The summed E-state index contributed by atoms with van der Waals surface area (Å²) in [5.74, 6) is 0.903. The van der Waals surface area contributed by atoms with Crippen molar-refractivity contribution in [1.82, 2.24) is 4.98 Å². The summed E-state index contributed by atoms with van der Waals surface area (Å²) in [6, 6.07) is 0. The van der Waals surface area contributed by atoms with E-state index in [-0.39, 0.29) is 0 Å². The molecule has 0 saturated heterocycles. The van der Waals surface area contributed by atoms with Gasteiger partial charge in [-0.1, -0.05) is 105 Å². The van der Waals surface area contributed by atoms with Crippen LogP contribution in [0.4, 0.5) is 0 Å². The lowest BCUT2D eigenvalue weighted by molar-refractivity contribution is 0.525. The minimum absolute atomic E-state index is 0.903. The van der Waals surface area contributed by atoms with Crippen LogP contribution in [0.5, 0.6) is 0 Å². The third-order valence-electron chi connectivity index (χ3n) is 3.90. The van der Waals surface area contributed by atoms with Gasteiger partial charge in [0, 0.05) is 0 Å². The van der Waals surface area contributed by atoms with Crippen LogP contribution >= 0.6 is 0 Å². The number of rotatable bonds is 10. The van der Waals surface area contributed by atoms with Gasteiger partial charge in [0.15, 0.2) is 6.39 Å². The molecular formula is C21H43NO. The number of hydrogen-bond donors (Lipinski definition) is 0. The van der Waals surface area contributed by atoms with Gasteiger partial charge < -0.3 is 4.42 Å². The molecule has 0 saturated carbocycles. The topological polar surface area (TPSA) is 26.0 Å². The van der Waals surface area contributed by atoms with E-state index < -0.39 is 0 Å². The number of aryl methyl sites for hydroxylation is 2. The van der Waals surface area contributed by atoms with E-state index in [9.17, 15) is 0 Å². The Morgan fingerprint density at radius 2 is 1.00 bits per heavy atom. The van der Waals surface area contributed by atoms with E-state index in [1.54, 1.807) is 0 Å². The zero-order valence-electron chi connectivity index (χ0n) is 16.9. The molecule has 0 amide bonds. The maximum absolute atomic E-state index is 4.85. The fraction of sp³-hybridized carbons (Fsp3) is 0.857. The molecular weight excluding hydrogens is 282 g/mol. The first-order chi connectivity index (χ1) is 11.1. The SMILES string of the molecule is CCCCCCCC.CCCCCCCC.Cc1ncoc1C. The van der Waals surface area contributed by atoms with E-state index in [0.717, 1.165) is 11.5 Å². The number of nitrogens with zero attached hydrogens (tertiary/aromatic N) is 1. The largest absolute Gasteiger partial charge is 0.449 e. The van der Waals surface area contributed by atoms with E-state index in [1.165, 1.54) is 83.4 Å². The summed E-state index contributed by atoms with van der Waals surface area (Å²) in [7, 11) is 0. The Hall–Kier alpha value is -0.790. The summed E-state index contributed by atoms with van der Waals surface area (Å²) >= 11 is 0. The van der Waals surface area contributed by atoms with Crippen molar-refractivity contribution in [1.29, 1.82) is 0 Å². The van der Waals surface area contributed by atoms with Gasteiger partial charge >= 0.3 is 0 Å². The molecule has 0 atom stereocenters. The second-order valence-electron chi connectivity index (χ2n) is 6.32. The molecule has 2 heteroatoms. The Morgan fingerprint density at radius 3 is 1.13 bits per heavy atom. The van der Waals surface area contributed by atoms with E-state index in [1.807, 2.05) is 13.8 Å². The standard InChI is InChI=1S/2C8H18.C5H7NO/c2*1-3-5-7-8-6-4-2;1-4-5(2)7-3-6-4/h2*3-8H2,1-2H3;3H,1-2H3. The molecule has 0 radical (unpaired) electrons. The Labute approximate surface area is 146 Å². The lowest BCUT2D eigenvalue weighted by Gasteiger charge is -1.93. The molecule has 0 spiro atoms. The molecule has 0 fully saturated rings. The van der Waals surface area contributed by atoms with E-state index >= 15 is 0 Å². The molecule has 1 aromatic rings. The quantitative estimate of drug-likeness (QED) is 0.407. The molecule has 1 heterocycles. The van der Waals surface area contributed by atoms with Crippen LogP contribution in [0.2, 0.25) is 0 Å². The molecule has 0 N–H and O–H groups in total. The highest BCUT2D eigenvalue weighted by molar-refractivity contribution is 5.00. The first-order valence-corrected chi connectivity index (χ1v) is 10.0. The lowest BCUT2D eigenvalue weighted by atomic mass is 10.1. The zero-order valence-corrected chi connectivity index (χ0v) is 16.9. The summed E-state index contributed by atoms with van der Waals surface area (Å²) in [5.41, 5.74) is 0.972. The molecule has 0 aliphatic carbocycles. The van der Waals surface area contributed by atoms with Gasteiger partial charge in [0.05, 0.1) is 5.69 Å². The third-order valence-corrected chi connectivity index (χ3v) is 3.90. The van der Waals surface area contributed by atoms with Crippen molar-refractivity contribution in [3.8, 4) is 0 Å². The molecule has 0 bridgehead atoms. The molecule has 1 rings (SSSR count). The van der Waals surface area contributed by atoms with Crippen molar-refractivity contribution in [2.24, 2.45) is 0 Å². The number of oxazole rings is 1. The third kappa shape index (κ3) is 21.2.